The van der Waals surface area contributed by atoms with Gasteiger partial charge >= 0.3 is 0 Å². The van der Waals surface area contributed by atoms with Gasteiger partial charge in [0.25, 0.3) is 0 Å². The Hall–Kier alpha value is -2.98. The van der Waals surface area contributed by atoms with Crippen molar-refractivity contribution in [2.24, 2.45) is 5.92 Å². The number of carbonyl (C=O) groups excluding carboxylic acids is 1. The van der Waals surface area contributed by atoms with Crippen molar-refractivity contribution in [3.8, 4) is 0 Å². The molecule has 1 unspecified atom stereocenters. The Morgan fingerprint density at radius 1 is 1.18 bits per heavy atom. The lowest BCUT2D eigenvalue weighted by Crippen LogP contribution is -2.25. The van der Waals surface area contributed by atoms with Gasteiger partial charge in [0.1, 0.15) is 11.3 Å². The second-order valence-electron chi connectivity index (χ2n) is 9.83. The number of ether oxygens (including phenoxy) is 1. The first-order valence-electron chi connectivity index (χ1n) is 11.5. The molecule has 180 valence electrons. The number of anilines is 2. The predicted molar refractivity (Wildman–Crippen MR) is 129 cm³/mol. The van der Waals surface area contributed by atoms with E-state index < -0.39 is 9.84 Å². The van der Waals surface area contributed by atoms with Crippen LogP contribution in [0.1, 0.15) is 57.0 Å². The molecule has 1 aliphatic heterocycles. The van der Waals surface area contributed by atoms with Gasteiger partial charge < -0.3 is 10.1 Å². The molecule has 1 atom stereocenters. The summed E-state index contributed by atoms with van der Waals surface area (Å²) in [6.07, 6.45) is 6.22. The fourth-order valence-electron chi connectivity index (χ4n) is 4.37. The van der Waals surface area contributed by atoms with Crippen LogP contribution in [0.2, 0.25) is 0 Å². The fourth-order valence-corrected chi connectivity index (χ4v) is 5.24. The van der Waals surface area contributed by atoms with Crippen LogP contribution in [0.4, 0.5) is 11.4 Å². The number of rotatable bonds is 6. The molecule has 0 bridgehead atoms. The van der Waals surface area contributed by atoms with Crippen LogP contribution in [0, 0.1) is 12.8 Å². The molecule has 1 aromatic carbocycles. The lowest BCUT2D eigenvalue weighted by molar-refractivity contribution is -0.118. The third-order valence-electron chi connectivity index (χ3n) is 6.40. The topological polar surface area (TPSA) is 115 Å². The third-order valence-corrected chi connectivity index (χ3v) is 7.54. The van der Waals surface area contributed by atoms with Crippen molar-refractivity contribution in [1.29, 1.82) is 0 Å². The molecule has 1 amide bonds. The first-order valence-corrected chi connectivity index (χ1v) is 13.3. The van der Waals surface area contributed by atoms with Crippen molar-refractivity contribution in [1.82, 2.24) is 14.6 Å². The number of sulfone groups is 1. The first-order chi connectivity index (χ1) is 16.0. The maximum absolute atomic E-state index is 12.7. The predicted octanol–water partition coefficient (Wildman–Crippen LogP) is 4.00. The summed E-state index contributed by atoms with van der Waals surface area (Å²) in [4.78, 5) is 21.5. The van der Waals surface area contributed by atoms with Crippen molar-refractivity contribution in [2.45, 2.75) is 63.1 Å². The van der Waals surface area contributed by atoms with E-state index in [1.165, 1.54) is 6.26 Å². The van der Waals surface area contributed by atoms with E-state index in [9.17, 15) is 13.2 Å². The molecule has 1 saturated carbocycles. The second-order valence-corrected chi connectivity index (χ2v) is 11.8. The molecule has 0 radical (unpaired) electrons. The second kappa shape index (κ2) is 8.06. The van der Waals surface area contributed by atoms with E-state index >= 15 is 0 Å². The largest absolute Gasteiger partial charge is 0.368 e. The number of nitrogens with zero attached hydrogens (tertiary/aromatic N) is 3. The lowest BCUT2D eigenvalue weighted by Gasteiger charge is -2.20. The number of amides is 1. The van der Waals surface area contributed by atoms with Crippen molar-refractivity contribution in [2.75, 3.05) is 17.0 Å². The van der Waals surface area contributed by atoms with Gasteiger partial charge in [-0.3, -0.25) is 10.2 Å². The van der Waals surface area contributed by atoms with Gasteiger partial charge in [-0.1, -0.05) is 6.07 Å². The Morgan fingerprint density at radius 3 is 2.59 bits per heavy atom. The first kappa shape index (κ1) is 22.8. The summed E-state index contributed by atoms with van der Waals surface area (Å²) in [6.45, 7) is 5.88. The smallest absolute Gasteiger partial charge is 0.242 e. The summed E-state index contributed by atoms with van der Waals surface area (Å²) in [5.41, 5.74) is 5.60. The lowest BCUT2D eigenvalue weighted by atomic mass is 10.0. The summed E-state index contributed by atoms with van der Waals surface area (Å²) in [6, 6.07) is 7.11. The molecule has 2 fully saturated rings. The van der Waals surface area contributed by atoms with E-state index in [0.29, 0.717) is 28.4 Å². The summed E-state index contributed by atoms with van der Waals surface area (Å²) < 4.78 is 33.1. The van der Waals surface area contributed by atoms with Gasteiger partial charge in [0, 0.05) is 18.4 Å². The number of carbonyl (C=O) groups is 1. The number of nitrogens with one attached hydrogen (secondary N) is 2. The van der Waals surface area contributed by atoms with Crippen LogP contribution >= 0.6 is 0 Å². The Morgan fingerprint density at radius 2 is 1.94 bits per heavy atom. The molecule has 1 aliphatic carbocycles. The van der Waals surface area contributed by atoms with Gasteiger partial charge in [-0.05, 0) is 70.2 Å². The average molecular weight is 484 g/mol. The molecule has 5 rings (SSSR count). The van der Waals surface area contributed by atoms with Gasteiger partial charge in [-0.2, -0.15) is 0 Å². The van der Waals surface area contributed by atoms with E-state index in [1.54, 1.807) is 36.0 Å². The van der Waals surface area contributed by atoms with Crippen molar-refractivity contribution >= 4 is 38.3 Å². The van der Waals surface area contributed by atoms with E-state index in [-0.39, 0.29) is 28.4 Å². The molecule has 2 aliphatic rings. The summed E-state index contributed by atoms with van der Waals surface area (Å²) in [5, 5.41) is 3.24. The molecular formula is C24H29N5O4S. The van der Waals surface area contributed by atoms with Crippen LogP contribution in [0.25, 0.3) is 11.2 Å². The highest BCUT2D eigenvalue weighted by Gasteiger charge is 2.33. The van der Waals surface area contributed by atoms with E-state index in [4.69, 9.17) is 4.74 Å². The van der Waals surface area contributed by atoms with Crippen LogP contribution < -0.4 is 10.7 Å². The van der Waals surface area contributed by atoms with E-state index in [1.807, 2.05) is 19.9 Å². The maximum atomic E-state index is 12.7. The molecule has 9 nitrogen and oxygen atoms in total. The SMILES string of the molecule is Cc1nc2c(Nc3ccc(C4CCC(C)(C)O4)cc3S(C)(=O)=O)ccnc2n1NC(=O)C1CC1. The normalized spacial score (nSPS) is 19.9. The zero-order valence-electron chi connectivity index (χ0n) is 19.8. The van der Waals surface area contributed by atoms with Crippen molar-refractivity contribution in [3.63, 3.8) is 0 Å². The molecule has 10 heteroatoms. The summed E-state index contributed by atoms with van der Waals surface area (Å²) >= 11 is 0. The summed E-state index contributed by atoms with van der Waals surface area (Å²) in [7, 11) is -3.53. The molecule has 3 heterocycles. The fraction of sp³-hybridized carbons (Fsp3) is 0.458. The minimum absolute atomic E-state index is 0.0448. The van der Waals surface area contributed by atoms with Crippen LogP contribution in [0.15, 0.2) is 35.4 Å². The van der Waals surface area contributed by atoms with Gasteiger partial charge in [0.05, 0.1) is 28.0 Å². The molecule has 2 aromatic heterocycles. The Balaban J connectivity index is 1.50. The highest BCUT2D eigenvalue weighted by molar-refractivity contribution is 7.90. The number of pyridine rings is 1. The molecule has 0 spiro atoms. The minimum atomic E-state index is -3.53. The Labute approximate surface area is 198 Å². The van der Waals surface area contributed by atoms with Crippen LogP contribution in [-0.2, 0) is 19.4 Å². The Kier molecular flexibility index (Phi) is 5.40. The highest BCUT2D eigenvalue weighted by atomic mass is 32.2. The number of hydrogen-bond acceptors (Lipinski definition) is 7. The molecule has 3 aromatic rings. The summed E-state index contributed by atoms with van der Waals surface area (Å²) in [5.74, 6) is 0.587. The highest BCUT2D eigenvalue weighted by Crippen LogP contribution is 2.40. The molecular weight excluding hydrogens is 454 g/mol. The van der Waals surface area contributed by atoms with Crippen LogP contribution in [-0.4, -0.2) is 40.8 Å². The number of imidazole rings is 1. The van der Waals surface area contributed by atoms with Crippen molar-refractivity contribution in [3.05, 3.63) is 41.9 Å². The quantitative estimate of drug-likeness (QED) is 0.544. The third kappa shape index (κ3) is 4.39. The maximum Gasteiger partial charge on any atom is 0.242 e. The van der Waals surface area contributed by atoms with Crippen LogP contribution in [0.3, 0.4) is 0 Å². The van der Waals surface area contributed by atoms with Gasteiger partial charge in [0.2, 0.25) is 5.91 Å². The monoisotopic (exact) mass is 483 g/mol. The van der Waals surface area contributed by atoms with Crippen molar-refractivity contribution < 1.29 is 17.9 Å². The van der Waals surface area contributed by atoms with Gasteiger partial charge in [-0.15, -0.1) is 0 Å². The number of fused-ring (bicyclic) bond motifs is 1. The van der Waals surface area contributed by atoms with Gasteiger partial charge in [-0.25, -0.2) is 23.1 Å². The number of benzene rings is 1. The number of aryl methyl sites for hydroxylation is 1. The minimum Gasteiger partial charge on any atom is -0.368 e. The molecule has 34 heavy (non-hydrogen) atoms. The van der Waals surface area contributed by atoms with Crippen LogP contribution in [0.5, 0.6) is 0 Å². The average Bonchev–Trinajstić information content (AvgIpc) is 3.49. The molecule has 1 saturated heterocycles. The Bertz CT molecular complexity index is 1390. The zero-order chi connectivity index (χ0) is 24.3. The van der Waals surface area contributed by atoms with E-state index in [0.717, 1.165) is 31.2 Å². The molecule has 2 N–H and O–H groups in total. The van der Waals surface area contributed by atoms with Gasteiger partial charge in [0.15, 0.2) is 15.5 Å². The number of hydrogen-bond donors (Lipinski definition) is 2. The number of aromatic nitrogens is 3. The zero-order valence-corrected chi connectivity index (χ0v) is 20.6. The van der Waals surface area contributed by atoms with E-state index in [2.05, 4.69) is 20.7 Å². The standard InChI is InChI=1S/C24H29N5O4S/c1-14-26-21-18(10-12-25-22(21)29(14)28-23(30)15-5-6-15)27-17-8-7-16(13-20(17)34(4,31)32)19-9-11-24(2,3)33-19/h7-8,10,12-13,15,19H,5-6,9,11H2,1-4H3,(H,25,27)(H,28,30).